The van der Waals surface area contributed by atoms with E-state index in [0.717, 1.165) is 0 Å². The molecule has 0 aromatic carbocycles. The lowest BCUT2D eigenvalue weighted by Gasteiger charge is -2.30. The lowest BCUT2D eigenvalue weighted by molar-refractivity contribution is 0.170. The van der Waals surface area contributed by atoms with Gasteiger partial charge in [0.15, 0.2) is 0 Å². The zero-order valence-electron chi connectivity index (χ0n) is 11.1. The average molecular weight is 328 g/mol. The number of aromatic nitrogens is 1. The van der Waals surface area contributed by atoms with E-state index < -0.39 is 0 Å². The number of rotatable bonds is 7. The van der Waals surface area contributed by atoms with E-state index in [9.17, 15) is 0 Å². The van der Waals surface area contributed by atoms with Gasteiger partial charge >= 0.3 is 0 Å². The van der Waals surface area contributed by atoms with Gasteiger partial charge in [0.25, 0.3) is 0 Å². The Morgan fingerprint density at radius 3 is 2.47 bits per heavy atom. The Labute approximate surface area is 128 Å². The van der Waals surface area contributed by atoms with Gasteiger partial charge in [0, 0.05) is 20.8 Å². The van der Waals surface area contributed by atoms with Crippen LogP contribution in [0.3, 0.4) is 0 Å². The minimum Gasteiger partial charge on any atom is -0.383 e. The summed E-state index contributed by atoms with van der Waals surface area (Å²) < 4.78 is 10.3. The summed E-state index contributed by atoms with van der Waals surface area (Å²) in [5.41, 5.74) is 0. The zero-order chi connectivity index (χ0) is 14.4. The summed E-state index contributed by atoms with van der Waals surface area (Å²) in [7, 11) is 3.29. The molecule has 4 nitrogen and oxygen atoms in total. The summed E-state index contributed by atoms with van der Waals surface area (Å²) in [6.45, 7) is 3.74. The molecule has 0 radical (unpaired) electrons. The van der Waals surface area contributed by atoms with Crippen LogP contribution in [0.1, 0.15) is 6.92 Å². The third kappa shape index (κ3) is 4.65. The van der Waals surface area contributed by atoms with Crippen molar-refractivity contribution < 1.29 is 9.47 Å². The van der Waals surface area contributed by atoms with Gasteiger partial charge in [-0.1, -0.05) is 34.8 Å². The molecule has 19 heavy (non-hydrogen) atoms. The van der Waals surface area contributed by atoms with Gasteiger partial charge in [-0.3, -0.25) is 0 Å². The quantitative estimate of drug-likeness (QED) is 0.718. The third-order valence-corrected chi connectivity index (χ3v) is 3.57. The Balaban J connectivity index is 3.05. The van der Waals surface area contributed by atoms with E-state index in [-0.39, 0.29) is 11.2 Å². The van der Waals surface area contributed by atoms with Gasteiger partial charge in [-0.15, -0.1) is 0 Å². The molecule has 1 unspecified atom stereocenters. The van der Waals surface area contributed by atoms with Crippen LogP contribution in [0.25, 0.3) is 0 Å². The van der Waals surface area contributed by atoms with E-state index in [4.69, 9.17) is 44.3 Å². The van der Waals surface area contributed by atoms with Crippen molar-refractivity contribution in [2.75, 3.05) is 38.9 Å². The molecule has 7 heteroatoms. The maximum Gasteiger partial charge on any atom is 0.150 e. The Bertz CT molecular complexity index is 418. The molecule has 108 valence electrons. The Morgan fingerprint density at radius 2 is 1.89 bits per heavy atom. The Kier molecular flexibility index (Phi) is 7.18. The minimum absolute atomic E-state index is 0.0855. The number of ether oxygens (including phenoxy) is 2. The third-order valence-electron chi connectivity index (χ3n) is 2.62. The largest absolute Gasteiger partial charge is 0.383 e. The van der Waals surface area contributed by atoms with Crippen molar-refractivity contribution in [3.63, 3.8) is 0 Å². The van der Waals surface area contributed by atoms with Crippen LogP contribution in [0.4, 0.5) is 5.82 Å². The van der Waals surface area contributed by atoms with E-state index in [2.05, 4.69) is 4.98 Å². The monoisotopic (exact) mass is 326 g/mol. The molecule has 0 aliphatic carbocycles. The highest BCUT2D eigenvalue weighted by molar-refractivity contribution is 6.42. The standard InChI is InChI=1S/C12H17Cl3N2O2/c1-8(7-19-3)17(4-5-18-2)12-10(14)6-9(13)11(15)16-12/h6,8H,4-5,7H2,1-3H3. The minimum atomic E-state index is 0.0855. The van der Waals surface area contributed by atoms with Crippen molar-refractivity contribution in [1.82, 2.24) is 4.98 Å². The van der Waals surface area contributed by atoms with Crippen molar-refractivity contribution in [2.24, 2.45) is 0 Å². The fourth-order valence-corrected chi connectivity index (χ4v) is 2.29. The van der Waals surface area contributed by atoms with Crippen molar-refractivity contribution in [3.05, 3.63) is 21.3 Å². The molecule has 0 spiro atoms. The second-order valence-electron chi connectivity index (χ2n) is 4.06. The smallest absolute Gasteiger partial charge is 0.150 e. The number of halogens is 3. The van der Waals surface area contributed by atoms with Gasteiger partial charge in [-0.25, -0.2) is 4.98 Å². The van der Waals surface area contributed by atoms with Crippen LogP contribution in [0.2, 0.25) is 15.2 Å². The second kappa shape index (κ2) is 8.12. The molecule has 0 saturated carbocycles. The van der Waals surface area contributed by atoms with E-state index in [1.54, 1.807) is 20.3 Å². The Hall–Kier alpha value is -0.260. The van der Waals surface area contributed by atoms with Gasteiger partial charge in [0.05, 0.1) is 29.3 Å². The van der Waals surface area contributed by atoms with Crippen LogP contribution in [0, 0.1) is 0 Å². The number of hydrogen-bond acceptors (Lipinski definition) is 4. The number of anilines is 1. The van der Waals surface area contributed by atoms with Crippen LogP contribution in [0.15, 0.2) is 6.07 Å². The summed E-state index contributed by atoms with van der Waals surface area (Å²) in [4.78, 5) is 6.23. The summed E-state index contributed by atoms with van der Waals surface area (Å²) >= 11 is 18.0. The summed E-state index contributed by atoms with van der Waals surface area (Å²) in [6, 6.07) is 1.68. The molecule has 1 heterocycles. The fourth-order valence-electron chi connectivity index (χ4n) is 1.69. The van der Waals surface area contributed by atoms with E-state index in [1.807, 2.05) is 11.8 Å². The molecule has 1 rings (SSSR count). The second-order valence-corrected chi connectivity index (χ2v) is 5.23. The maximum atomic E-state index is 6.19. The first-order valence-electron chi connectivity index (χ1n) is 5.77. The van der Waals surface area contributed by atoms with Gasteiger partial charge in [-0.2, -0.15) is 0 Å². The molecule has 0 fully saturated rings. The van der Waals surface area contributed by atoms with E-state index in [1.165, 1.54) is 0 Å². The molecule has 0 aliphatic rings. The fraction of sp³-hybridized carbons (Fsp3) is 0.583. The molecule has 0 N–H and O–H groups in total. The topological polar surface area (TPSA) is 34.6 Å². The van der Waals surface area contributed by atoms with Crippen LogP contribution < -0.4 is 4.90 Å². The summed E-state index contributed by atoms with van der Waals surface area (Å²) in [6.07, 6.45) is 0. The predicted molar refractivity (Wildman–Crippen MR) is 79.8 cm³/mol. The van der Waals surface area contributed by atoms with Crippen molar-refractivity contribution in [2.45, 2.75) is 13.0 Å². The van der Waals surface area contributed by atoms with Gasteiger partial charge in [0.2, 0.25) is 0 Å². The molecular weight excluding hydrogens is 311 g/mol. The lowest BCUT2D eigenvalue weighted by atomic mass is 10.3. The zero-order valence-corrected chi connectivity index (χ0v) is 13.4. The highest BCUT2D eigenvalue weighted by atomic mass is 35.5. The molecular formula is C12H17Cl3N2O2. The summed E-state index contributed by atoms with van der Waals surface area (Å²) in [5, 5.41) is 1.02. The van der Waals surface area contributed by atoms with Crippen LogP contribution in [-0.2, 0) is 9.47 Å². The number of pyridine rings is 1. The molecule has 1 aromatic heterocycles. The molecule has 0 amide bonds. The van der Waals surface area contributed by atoms with E-state index >= 15 is 0 Å². The van der Waals surface area contributed by atoms with Crippen molar-refractivity contribution in [3.8, 4) is 0 Å². The molecule has 0 bridgehead atoms. The first-order valence-corrected chi connectivity index (χ1v) is 6.90. The number of hydrogen-bond donors (Lipinski definition) is 0. The first kappa shape index (κ1) is 16.8. The normalized spacial score (nSPS) is 12.5. The molecule has 0 aliphatic heterocycles. The summed E-state index contributed by atoms with van der Waals surface area (Å²) in [5.74, 6) is 0.581. The molecule has 1 aromatic rings. The molecule has 0 saturated heterocycles. The van der Waals surface area contributed by atoms with Gasteiger partial charge in [0.1, 0.15) is 11.0 Å². The van der Waals surface area contributed by atoms with Gasteiger partial charge in [-0.05, 0) is 13.0 Å². The van der Waals surface area contributed by atoms with E-state index in [0.29, 0.717) is 35.6 Å². The van der Waals surface area contributed by atoms with Crippen LogP contribution in [-0.4, -0.2) is 45.0 Å². The predicted octanol–water partition coefficient (Wildman–Crippen LogP) is 3.53. The maximum absolute atomic E-state index is 6.19. The van der Waals surface area contributed by atoms with Crippen molar-refractivity contribution >= 4 is 40.6 Å². The SMILES string of the molecule is COCCN(c1nc(Cl)c(Cl)cc1Cl)C(C)COC. The van der Waals surface area contributed by atoms with Crippen LogP contribution >= 0.6 is 34.8 Å². The highest BCUT2D eigenvalue weighted by Crippen LogP contribution is 2.32. The Morgan fingerprint density at radius 1 is 1.21 bits per heavy atom. The number of nitrogens with zero attached hydrogens (tertiary/aromatic N) is 2. The van der Waals surface area contributed by atoms with Crippen molar-refractivity contribution in [1.29, 1.82) is 0 Å². The van der Waals surface area contributed by atoms with Gasteiger partial charge < -0.3 is 14.4 Å². The number of methoxy groups -OCH3 is 2. The van der Waals surface area contributed by atoms with Crippen LogP contribution in [0.5, 0.6) is 0 Å². The molecule has 1 atom stereocenters. The highest BCUT2D eigenvalue weighted by Gasteiger charge is 2.20. The average Bonchev–Trinajstić information content (AvgIpc) is 2.36. The lowest BCUT2D eigenvalue weighted by Crippen LogP contribution is -2.39. The first-order chi connectivity index (χ1) is 9.01.